The number of benzene rings is 3. The molecule has 1 N–H and O–H groups in total. The SMILES string of the molecule is CCN1C(=O)C(=Cc2cc(Br)c(OCc3ccc([N+](=O)[O-])cc3)c(Br)c2)SC1=Nc1ccc(C(=O)O)cc1. The molecule has 9 nitrogen and oxygen atoms in total. The summed E-state index contributed by atoms with van der Waals surface area (Å²) in [5.41, 5.74) is 2.25. The van der Waals surface area contributed by atoms with Gasteiger partial charge in [0.05, 0.1) is 30.0 Å². The average Bonchev–Trinajstić information content (AvgIpc) is 3.17. The van der Waals surface area contributed by atoms with Crippen LogP contribution in [0.2, 0.25) is 0 Å². The Bertz CT molecular complexity index is 1450. The van der Waals surface area contributed by atoms with Crippen LogP contribution in [0.15, 0.2) is 79.5 Å². The van der Waals surface area contributed by atoms with Crippen LogP contribution in [0.4, 0.5) is 11.4 Å². The molecule has 0 spiro atoms. The summed E-state index contributed by atoms with van der Waals surface area (Å²) in [5, 5.41) is 20.4. The van der Waals surface area contributed by atoms with Crippen LogP contribution in [0.25, 0.3) is 6.08 Å². The summed E-state index contributed by atoms with van der Waals surface area (Å²) in [6.45, 7) is 2.50. The molecular weight excluding hydrogens is 642 g/mol. The van der Waals surface area contributed by atoms with Crippen molar-refractivity contribution in [2.24, 2.45) is 4.99 Å². The third kappa shape index (κ3) is 6.32. The minimum absolute atomic E-state index is 0.0127. The van der Waals surface area contributed by atoms with Crippen molar-refractivity contribution in [1.82, 2.24) is 4.90 Å². The number of nitrogens with zero attached hydrogens (tertiary/aromatic N) is 3. The van der Waals surface area contributed by atoms with E-state index in [1.807, 2.05) is 19.1 Å². The van der Waals surface area contributed by atoms with Gasteiger partial charge in [-0.15, -0.1) is 0 Å². The Morgan fingerprint density at radius 2 is 1.76 bits per heavy atom. The summed E-state index contributed by atoms with van der Waals surface area (Å²) in [4.78, 5) is 41.1. The average molecular weight is 661 g/mol. The lowest BCUT2D eigenvalue weighted by Crippen LogP contribution is -2.28. The molecule has 1 aliphatic rings. The molecule has 0 atom stereocenters. The molecule has 1 amide bonds. The second-order valence-electron chi connectivity index (χ2n) is 7.93. The van der Waals surface area contributed by atoms with Gasteiger partial charge in [-0.3, -0.25) is 19.8 Å². The van der Waals surface area contributed by atoms with E-state index in [-0.39, 0.29) is 23.8 Å². The largest absolute Gasteiger partial charge is 0.487 e. The van der Waals surface area contributed by atoms with Crippen molar-refractivity contribution in [3.8, 4) is 5.75 Å². The zero-order valence-electron chi connectivity index (χ0n) is 19.8. The van der Waals surface area contributed by atoms with E-state index >= 15 is 0 Å². The number of ether oxygens (including phenoxy) is 1. The monoisotopic (exact) mass is 659 g/mol. The predicted molar refractivity (Wildman–Crippen MR) is 153 cm³/mol. The number of aromatic carboxylic acids is 1. The molecule has 0 aromatic heterocycles. The number of non-ortho nitro benzene ring substituents is 1. The fraction of sp³-hybridized carbons (Fsp3) is 0.115. The molecule has 1 heterocycles. The third-order valence-electron chi connectivity index (χ3n) is 5.39. The molecule has 38 heavy (non-hydrogen) atoms. The summed E-state index contributed by atoms with van der Waals surface area (Å²) in [5.74, 6) is -0.641. The lowest BCUT2D eigenvalue weighted by molar-refractivity contribution is -0.384. The summed E-state index contributed by atoms with van der Waals surface area (Å²) in [7, 11) is 0. The molecular formula is C26H19Br2N3O6S. The Balaban J connectivity index is 1.52. The van der Waals surface area contributed by atoms with Crippen LogP contribution in [0.5, 0.6) is 5.75 Å². The summed E-state index contributed by atoms with van der Waals surface area (Å²) < 4.78 is 7.25. The van der Waals surface area contributed by atoms with Gasteiger partial charge in [0.1, 0.15) is 12.4 Å². The van der Waals surface area contributed by atoms with E-state index < -0.39 is 10.9 Å². The van der Waals surface area contributed by atoms with Crippen molar-refractivity contribution in [3.63, 3.8) is 0 Å². The van der Waals surface area contributed by atoms with Crippen LogP contribution in [0, 0.1) is 10.1 Å². The molecule has 4 rings (SSSR count). The number of rotatable bonds is 8. The molecule has 194 valence electrons. The van der Waals surface area contributed by atoms with E-state index in [0.717, 1.165) is 11.1 Å². The summed E-state index contributed by atoms with van der Waals surface area (Å²) in [6, 6.07) is 15.9. The topological polar surface area (TPSA) is 122 Å². The lowest BCUT2D eigenvalue weighted by Gasteiger charge is -2.12. The van der Waals surface area contributed by atoms with Crippen molar-refractivity contribution in [1.29, 1.82) is 0 Å². The van der Waals surface area contributed by atoms with Gasteiger partial charge in [-0.05, 0) is 116 Å². The molecule has 0 unspecified atom stereocenters. The van der Waals surface area contributed by atoms with Crippen LogP contribution in [-0.4, -0.2) is 38.5 Å². The predicted octanol–water partition coefficient (Wildman–Crippen LogP) is 7.02. The first-order chi connectivity index (χ1) is 18.2. The maximum absolute atomic E-state index is 13.0. The molecule has 0 aliphatic carbocycles. The number of thioether (sulfide) groups is 1. The van der Waals surface area contributed by atoms with Gasteiger partial charge < -0.3 is 9.84 Å². The molecule has 3 aromatic carbocycles. The van der Waals surface area contributed by atoms with Gasteiger partial charge in [0.2, 0.25) is 0 Å². The number of amidine groups is 1. The first-order valence-corrected chi connectivity index (χ1v) is 13.5. The number of carbonyl (C=O) groups is 2. The highest BCUT2D eigenvalue weighted by molar-refractivity contribution is 9.11. The summed E-state index contributed by atoms with van der Waals surface area (Å²) in [6.07, 6.45) is 1.77. The highest BCUT2D eigenvalue weighted by Crippen LogP contribution is 2.38. The number of amides is 1. The van der Waals surface area contributed by atoms with Gasteiger partial charge in [0, 0.05) is 18.7 Å². The smallest absolute Gasteiger partial charge is 0.335 e. The Morgan fingerprint density at radius 1 is 1.13 bits per heavy atom. The molecule has 1 saturated heterocycles. The number of nitro benzene ring substituents is 1. The standard InChI is InChI=1S/C26H19Br2N3O6S/c1-2-30-24(32)22(38-26(30)29-18-7-5-17(6-8-18)25(33)34)13-16-11-20(27)23(21(28)12-16)37-14-15-3-9-19(10-4-15)31(35)36/h3-13H,2,14H2,1H3,(H,33,34). The van der Waals surface area contributed by atoms with Crippen molar-refractivity contribution >= 4 is 78.1 Å². The van der Waals surface area contributed by atoms with Crippen LogP contribution < -0.4 is 4.74 Å². The highest BCUT2D eigenvalue weighted by atomic mass is 79.9. The normalized spacial score (nSPS) is 15.3. The van der Waals surface area contributed by atoms with Gasteiger partial charge in [0.25, 0.3) is 11.6 Å². The molecule has 0 bridgehead atoms. The number of carboxylic acid groups (broad SMARTS) is 1. The Kier molecular flexibility index (Phi) is 8.65. The molecule has 3 aromatic rings. The van der Waals surface area contributed by atoms with E-state index in [1.54, 1.807) is 35.2 Å². The van der Waals surface area contributed by atoms with E-state index in [0.29, 0.717) is 37.0 Å². The van der Waals surface area contributed by atoms with E-state index in [9.17, 15) is 19.7 Å². The molecule has 1 aliphatic heterocycles. The number of nitro groups is 1. The van der Waals surface area contributed by atoms with Crippen LogP contribution >= 0.6 is 43.6 Å². The minimum atomic E-state index is -1.02. The maximum atomic E-state index is 13.0. The number of aliphatic imine (C=N–C) groups is 1. The zero-order valence-corrected chi connectivity index (χ0v) is 23.7. The Morgan fingerprint density at radius 3 is 2.32 bits per heavy atom. The van der Waals surface area contributed by atoms with Crippen LogP contribution in [0.1, 0.15) is 28.4 Å². The number of halogens is 2. The fourth-order valence-corrected chi connectivity index (χ4v) is 5.99. The van der Waals surface area contributed by atoms with Gasteiger partial charge >= 0.3 is 5.97 Å². The Labute approximate surface area is 238 Å². The maximum Gasteiger partial charge on any atom is 0.335 e. The van der Waals surface area contributed by atoms with Crippen molar-refractivity contribution in [3.05, 3.63) is 101 Å². The van der Waals surface area contributed by atoms with Crippen molar-refractivity contribution < 1.29 is 24.4 Å². The summed E-state index contributed by atoms with van der Waals surface area (Å²) >= 11 is 8.29. The van der Waals surface area contributed by atoms with Crippen LogP contribution in [-0.2, 0) is 11.4 Å². The van der Waals surface area contributed by atoms with Gasteiger partial charge in [-0.25, -0.2) is 9.79 Å². The number of hydrogen-bond acceptors (Lipinski definition) is 7. The molecule has 1 fully saturated rings. The number of hydrogen-bond donors (Lipinski definition) is 1. The third-order valence-corrected chi connectivity index (χ3v) is 7.58. The molecule has 0 saturated carbocycles. The second-order valence-corrected chi connectivity index (χ2v) is 10.7. The second kappa shape index (κ2) is 11.9. The first kappa shape index (κ1) is 27.6. The Hall–Kier alpha value is -3.48. The number of carbonyl (C=O) groups excluding carboxylic acids is 1. The van der Waals surface area contributed by atoms with E-state index in [1.165, 1.54) is 36.0 Å². The molecule has 12 heteroatoms. The van der Waals surface area contributed by atoms with Crippen molar-refractivity contribution in [2.75, 3.05) is 6.54 Å². The van der Waals surface area contributed by atoms with Gasteiger partial charge in [-0.1, -0.05) is 0 Å². The quantitative estimate of drug-likeness (QED) is 0.156. The zero-order chi connectivity index (χ0) is 27.4. The lowest BCUT2D eigenvalue weighted by atomic mass is 10.2. The van der Waals surface area contributed by atoms with Gasteiger partial charge in [0.15, 0.2) is 5.17 Å². The first-order valence-electron chi connectivity index (χ1n) is 11.1. The number of likely N-dealkylation sites (N-methyl/N-ethyl adjacent to an activating group) is 1. The van der Waals surface area contributed by atoms with E-state index in [2.05, 4.69) is 36.9 Å². The minimum Gasteiger partial charge on any atom is -0.487 e. The fourth-order valence-electron chi connectivity index (χ4n) is 3.48. The van der Waals surface area contributed by atoms with Gasteiger partial charge in [-0.2, -0.15) is 0 Å². The van der Waals surface area contributed by atoms with Crippen molar-refractivity contribution in [2.45, 2.75) is 13.5 Å². The number of carboxylic acids is 1. The molecule has 0 radical (unpaired) electrons. The van der Waals surface area contributed by atoms with Crippen LogP contribution in [0.3, 0.4) is 0 Å². The van der Waals surface area contributed by atoms with E-state index in [4.69, 9.17) is 9.84 Å². The highest BCUT2D eigenvalue weighted by Gasteiger charge is 2.32.